The van der Waals surface area contributed by atoms with Crippen LogP contribution < -0.4 is 0 Å². The summed E-state index contributed by atoms with van der Waals surface area (Å²) in [5.74, 6) is -0.698. The highest BCUT2D eigenvalue weighted by Gasteiger charge is 2.43. The number of hydrogen-bond acceptors (Lipinski definition) is 4. The molecule has 0 unspecified atom stereocenters. The van der Waals surface area contributed by atoms with Crippen molar-refractivity contribution >= 4 is 24.4 Å². The molecule has 0 saturated carbocycles. The van der Waals surface area contributed by atoms with Gasteiger partial charge in [0.05, 0.1) is 0 Å². The summed E-state index contributed by atoms with van der Waals surface area (Å²) in [7, 11) is 0. The fourth-order valence-corrected chi connectivity index (χ4v) is 1.80. The number of rotatable bonds is 4. The summed E-state index contributed by atoms with van der Waals surface area (Å²) < 4.78 is 5.33. The average Bonchev–Trinajstić information content (AvgIpc) is 2.35. The van der Waals surface area contributed by atoms with Gasteiger partial charge in [0.15, 0.2) is 5.78 Å². The van der Waals surface area contributed by atoms with Crippen molar-refractivity contribution in [1.29, 1.82) is 0 Å². The van der Waals surface area contributed by atoms with Gasteiger partial charge in [-0.2, -0.15) is 12.6 Å². The fraction of sp³-hybridized carbons (Fsp3) is 0.467. The standard InChI is InChI=1S/C15H20O3S/c1-14(2,3)18-13(17)15(4,10-19)12(16)11-8-6-5-7-9-11/h5-9,19H,10H2,1-4H3/t15-/m0/s1. The second-order valence-electron chi connectivity index (χ2n) is 5.69. The first kappa shape index (κ1) is 15.8. The molecule has 1 rings (SSSR count). The monoisotopic (exact) mass is 280 g/mol. The van der Waals surface area contributed by atoms with E-state index in [2.05, 4.69) is 12.6 Å². The number of hydrogen-bond donors (Lipinski definition) is 1. The summed E-state index contributed by atoms with van der Waals surface area (Å²) in [5.41, 5.74) is -1.40. The second kappa shape index (κ2) is 5.78. The third-order valence-electron chi connectivity index (χ3n) is 2.70. The van der Waals surface area contributed by atoms with E-state index < -0.39 is 17.0 Å². The summed E-state index contributed by atoms with van der Waals surface area (Å²) in [6.07, 6.45) is 0. The molecule has 0 spiro atoms. The molecule has 1 aromatic carbocycles. The Hall–Kier alpha value is -1.29. The molecular weight excluding hydrogens is 260 g/mol. The molecule has 1 aromatic rings. The van der Waals surface area contributed by atoms with Crippen LogP contribution in [0.25, 0.3) is 0 Å². The van der Waals surface area contributed by atoms with Crippen molar-refractivity contribution in [1.82, 2.24) is 0 Å². The Labute approximate surface area is 119 Å². The molecule has 104 valence electrons. The maximum Gasteiger partial charge on any atom is 0.321 e. The second-order valence-corrected chi connectivity index (χ2v) is 6.00. The zero-order valence-corrected chi connectivity index (χ0v) is 12.7. The van der Waals surface area contributed by atoms with Crippen LogP contribution in [0.4, 0.5) is 0 Å². The highest BCUT2D eigenvalue weighted by molar-refractivity contribution is 7.80. The van der Waals surface area contributed by atoms with Gasteiger partial charge in [0.1, 0.15) is 11.0 Å². The molecule has 0 aliphatic heterocycles. The van der Waals surface area contributed by atoms with E-state index in [0.717, 1.165) is 0 Å². The molecule has 3 nitrogen and oxygen atoms in total. The molecule has 0 bridgehead atoms. The van der Waals surface area contributed by atoms with E-state index in [0.29, 0.717) is 5.56 Å². The summed E-state index contributed by atoms with van der Waals surface area (Å²) in [5, 5.41) is 0. The van der Waals surface area contributed by atoms with Crippen LogP contribution in [-0.2, 0) is 9.53 Å². The minimum Gasteiger partial charge on any atom is -0.459 e. The number of ketones is 1. The molecule has 0 aromatic heterocycles. The Bertz CT molecular complexity index is 462. The van der Waals surface area contributed by atoms with Gasteiger partial charge in [-0.15, -0.1) is 0 Å². The van der Waals surface area contributed by atoms with Crippen molar-refractivity contribution in [3.8, 4) is 0 Å². The van der Waals surface area contributed by atoms with Gasteiger partial charge >= 0.3 is 5.97 Å². The van der Waals surface area contributed by atoms with Crippen LogP contribution in [0.2, 0.25) is 0 Å². The Morgan fingerprint density at radius 2 is 1.63 bits per heavy atom. The molecule has 0 aliphatic carbocycles. The first-order valence-electron chi connectivity index (χ1n) is 6.15. The van der Waals surface area contributed by atoms with Crippen molar-refractivity contribution in [2.45, 2.75) is 33.3 Å². The Balaban J connectivity index is 3.04. The molecule has 0 aliphatic rings. The van der Waals surface area contributed by atoms with E-state index in [4.69, 9.17) is 4.74 Å². The van der Waals surface area contributed by atoms with Crippen molar-refractivity contribution in [3.05, 3.63) is 35.9 Å². The SMILES string of the molecule is CC(C)(C)OC(=O)[C@@](C)(CS)C(=O)c1ccccc1. The van der Waals surface area contributed by atoms with E-state index >= 15 is 0 Å². The molecule has 0 amide bonds. The van der Waals surface area contributed by atoms with Crippen molar-refractivity contribution < 1.29 is 14.3 Å². The van der Waals surface area contributed by atoms with Gasteiger partial charge in [-0.25, -0.2) is 0 Å². The van der Waals surface area contributed by atoms with Gasteiger partial charge < -0.3 is 4.74 Å². The van der Waals surface area contributed by atoms with Crippen molar-refractivity contribution in [3.63, 3.8) is 0 Å². The smallest absolute Gasteiger partial charge is 0.321 e. The topological polar surface area (TPSA) is 43.4 Å². The molecule has 19 heavy (non-hydrogen) atoms. The third-order valence-corrected chi connectivity index (χ3v) is 3.34. The third kappa shape index (κ3) is 3.83. The number of carbonyl (C=O) groups excluding carboxylic acids is 2. The molecule has 0 radical (unpaired) electrons. The summed E-state index contributed by atoms with van der Waals surface area (Å²) in [4.78, 5) is 24.7. The summed E-state index contributed by atoms with van der Waals surface area (Å²) in [6, 6.07) is 8.73. The van der Waals surface area contributed by atoms with Gasteiger partial charge in [0.25, 0.3) is 0 Å². The zero-order chi connectivity index (χ0) is 14.7. The molecule has 0 N–H and O–H groups in total. The fourth-order valence-electron chi connectivity index (χ4n) is 1.53. The van der Waals surface area contributed by atoms with Crippen LogP contribution in [0.1, 0.15) is 38.1 Å². The van der Waals surface area contributed by atoms with Crippen molar-refractivity contribution in [2.24, 2.45) is 5.41 Å². The Kier molecular flexibility index (Phi) is 4.80. The lowest BCUT2D eigenvalue weighted by Crippen LogP contribution is -2.43. The lowest BCUT2D eigenvalue weighted by Gasteiger charge is -2.29. The highest BCUT2D eigenvalue weighted by Crippen LogP contribution is 2.28. The lowest BCUT2D eigenvalue weighted by molar-refractivity contribution is -0.162. The van der Waals surface area contributed by atoms with Crippen LogP contribution in [-0.4, -0.2) is 23.1 Å². The predicted molar refractivity (Wildman–Crippen MR) is 78.6 cm³/mol. The van der Waals surface area contributed by atoms with Crippen molar-refractivity contribution in [2.75, 3.05) is 5.75 Å². The van der Waals surface area contributed by atoms with Gasteiger partial charge in [-0.05, 0) is 27.7 Å². The maximum absolute atomic E-state index is 12.5. The van der Waals surface area contributed by atoms with Gasteiger partial charge in [-0.3, -0.25) is 9.59 Å². The van der Waals surface area contributed by atoms with E-state index in [1.807, 2.05) is 6.07 Å². The number of ether oxygens (including phenoxy) is 1. The minimum absolute atomic E-state index is 0.107. The molecule has 0 fully saturated rings. The lowest BCUT2D eigenvalue weighted by atomic mass is 9.84. The molecule has 0 saturated heterocycles. The normalized spacial score (nSPS) is 14.6. The van der Waals surface area contributed by atoms with Crippen LogP contribution in [0.3, 0.4) is 0 Å². The largest absolute Gasteiger partial charge is 0.459 e. The van der Waals surface area contributed by atoms with Gasteiger partial charge in [0, 0.05) is 11.3 Å². The minimum atomic E-state index is -1.27. The summed E-state index contributed by atoms with van der Waals surface area (Å²) in [6.45, 7) is 6.90. The Morgan fingerprint density at radius 1 is 1.11 bits per heavy atom. The van der Waals surface area contributed by atoms with Crippen LogP contribution >= 0.6 is 12.6 Å². The first-order chi connectivity index (χ1) is 8.70. The predicted octanol–water partition coefficient (Wildman–Crippen LogP) is 3.15. The van der Waals surface area contributed by atoms with Crippen LogP contribution in [0, 0.1) is 5.41 Å². The van der Waals surface area contributed by atoms with Gasteiger partial charge in [0.2, 0.25) is 0 Å². The molecule has 0 heterocycles. The number of Topliss-reactive ketones (excluding diaryl/α,β-unsaturated/α-hetero) is 1. The number of esters is 1. The molecule has 4 heteroatoms. The average molecular weight is 280 g/mol. The quantitative estimate of drug-likeness (QED) is 0.399. The number of benzene rings is 1. The van der Waals surface area contributed by atoms with E-state index in [1.165, 1.54) is 0 Å². The van der Waals surface area contributed by atoms with E-state index in [1.54, 1.807) is 52.0 Å². The van der Waals surface area contributed by atoms with E-state index in [9.17, 15) is 9.59 Å². The molecular formula is C15H20O3S. The number of thiol groups is 1. The maximum atomic E-state index is 12.5. The van der Waals surface area contributed by atoms with Crippen LogP contribution in [0.5, 0.6) is 0 Å². The highest BCUT2D eigenvalue weighted by atomic mass is 32.1. The van der Waals surface area contributed by atoms with Gasteiger partial charge in [-0.1, -0.05) is 30.3 Å². The first-order valence-corrected chi connectivity index (χ1v) is 6.78. The summed E-state index contributed by atoms with van der Waals surface area (Å²) >= 11 is 4.16. The van der Waals surface area contributed by atoms with Crippen LogP contribution in [0.15, 0.2) is 30.3 Å². The Morgan fingerprint density at radius 3 is 2.05 bits per heavy atom. The van der Waals surface area contributed by atoms with E-state index in [-0.39, 0.29) is 11.5 Å². The number of carbonyl (C=O) groups is 2. The molecule has 1 atom stereocenters. The zero-order valence-electron chi connectivity index (χ0n) is 11.8.